The summed E-state index contributed by atoms with van der Waals surface area (Å²) in [6.07, 6.45) is 0.707. The molecule has 0 aliphatic heterocycles. The Morgan fingerprint density at radius 1 is 0.733 bits per heavy atom. The molecule has 0 saturated heterocycles. The van der Waals surface area contributed by atoms with Crippen molar-refractivity contribution < 1.29 is 19.1 Å². The molecule has 0 saturated carbocycles. The Bertz CT molecular complexity index is 911. The van der Waals surface area contributed by atoms with Gasteiger partial charge >= 0.3 is 11.9 Å². The average molecular weight is 402 g/mol. The number of esters is 2. The summed E-state index contributed by atoms with van der Waals surface area (Å²) >= 11 is 0. The zero-order valence-electron chi connectivity index (χ0n) is 17.3. The van der Waals surface area contributed by atoms with Crippen LogP contribution in [0.1, 0.15) is 31.4 Å². The largest absolute Gasteiger partial charge is 0.464 e. The number of para-hydroxylation sites is 1. The third kappa shape index (κ3) is 4.60. The summed E-state index contributed by atoms with van der Waals surface area (Å²) < 4.78 is 11.3. The van der Waals surface area contributed by atoms with E-state index in [1.807, 2.05) is 18.2 Å². The van der Waals surface area contributed by atoms with Crippen LogP contribution in [0.2, 0.25) is 0 Å². The monoisotopic (exact) mass is 402 g/mol. The smallest absolute Gasteiger partial charge is 0.338 e. The molecule has 0 radical (unpaired) electrons. The Kier molecular flexibility index (Phi) is 7.02. The maximum atomic E-state index is 13.7. The Labute approximate surface area is 177 Å². The molecule has 0 bridgehead atoms. The molecular formula is C26H26O4. The number of carbonyl (C=O) groups excluding carboxylic acids is 2. The fourth-order valence-electron chi connectivity index (χ4n) is 3.27. The van der Waals surface area contributed by atoms with Crippen molar-refractivity contribution >= 4 is 11.9 Å². The van der Waals surface area contributed by atoms with Crippen molar-refractivity contribution in [1.82, 2.24) is 0 Å². The van der Waals surface area contributed by atoms with Crippen molar-refractivity contribution in [3.8, 4) is 5.75 Å². The van der Waals surface area contributed by atoms with E-state index in [-0.39, 0.29) is 6.61 Å². The zero-order chi connectivity index (χ0) is 21.4. The van der Waals surface area contributed by atoms with Crippen LogP contribution >= 0.6 is 0 Å². The number of benzene rings is 3. The number of carbonyl (C=O) groups is 2. The van der Waals surface area contributed by atoms with Crippen LogP contribution in [0.4, 0.5) is 0 Å². The van der Waals surface area contributed by atoms with E-state index in [9.17, 15) is 9.59 Å². The van der Waals surface area contributed by atoms with E-state index in [2.05, 4.69) is 13.8 Å². The van der Waals surface area contributed by atoms with Crippen molar-refractivity contribution in [2.24, 2.45) is 5.92 Å². The third-order valence-corrected chi connectivity index (χ3v) is 4.91. The summed E-state index contributed by atoms with van der Waals surface area (Å²) in [6.45, 7) is 4.34. The van der Waals surface area contributed by atoms with Gasteiger partial charge in [0, 0.05) is 0 Å². The molecule has 3 rings (SSSR count). The van der Waals surface area contributed by atoms with Gasteiger partial charge in [-0.25, -0.2) is 4.79 Å². The highest BCUT2D eigenvalue weighted by molar-refractivity contribution is 6.10. The second-order valence-corrected chi connectivity index (χ2v) is 7.50. The highest BCUT2D eigenvalue weighted by Crippen LogP contribution is 2.36. The van der Waals surface area contributed by atoms with E-state index < -0.39 is 17.4 Å². The summed E-state index contributed by atoms with van der Waals surface area (Å²) in [7, 11) is 0. The molecule has 0 unspecified atom stereocenters. The predicted molar refractivity (Wildman–Crippen MR) is 116 cm³/mol. The summed E-state index contributed by atoms with van der Waals surface area (Å²) in [5, 5.41) is 0. The van der Waals surface area contributed by atoms with E-state index in [1.165, 1.54) is 0 Å². The lowest BCUT2D eigenvalue weighted by Gasteiger charge is -2.30. The van der Waals surface area contributed by atoms with Gasteiger partial charge < -0.3 is 9.47 Å². The topological polar surface area (TPSA) is 52.6 Å². The molecule has 0 aliphatic carbocycles. The molecule has 0 N–H and O–H groups in total. The lowest BCUT2D eigenvalue weighted by Crippen LogP contribution is -2.48. The average Bonchev–Trinajstić information content (AvgIpc) is 2.76. The molecule has 0 aromatic heterocycles. The zero-order valence-corrected chi connectivity index (χ0v) is 17.3. The molecule has 4 nitrogen and oxygen atoms in total. The van der Waals surface area contributed by atoms with Crippen LogP contribution in [0.5, 0.6) is 5.75 Å². The van der Waals surface area contributed by atoms with E-state index in [1.54, 1.807) is 72.8 Å². The minimum atomic E-state index is -1.73. The van der Waals surface area contributed by atoms with Crippen molar-refractivity contribution in [2.75, 3.05) is 6.61 Å². The molecule has 0 fully saturated rings. The van der Waals surface area contributed by atoms with Crippen LogP contribution in [0, 0.1) is 5.92 Å². The van der Waals surface area contributed by atoms with Gasteiger partial charge in [0.15, 0.2) is 0 Å². The van der Waals surface area contributed by atoms with Crippen molar-refractivity contribution in [1.29, 1.82) is 0 Å². The summed E-state index contributed by atoms with van der Waals surface area (Å²) in [6, 6.07) is 26.6. The highest BCUT2D eigenvalue weighted by Gasteiger charge is 2.52. The number of ether oxygens (including phenoxy) is 2. The Morgan fingerprint density at radius 3 is 1.67 bits per heavy atom. The Balaban J connectivity index is 2.11. The van der Waals surface area contributed by atoms with Gasteiger partial charge in [-0.3, -0.25) is 4.79 Å². The molecule has 0 aliphatic rings. The van der Waals surface area contributed by atoms with Crippen LogP contribution in [-0.2, 0) is 19.7 Å². The summed E-state index contributed by atoms with van der Waals surface area (Å²) in [5.41, 5.74) is -0.714. The fraction of sp³-hybridized carbons (Fsp3) is 0.231. The van der Waals surface area contributed by atoms with Crippen molar-refractivity contribution in [2.45, 2.75) is 25.7 Å². The van der Waals surface area contributed by atoms with Crippen LogP contribution in [0.25, 0.3) is 0 Å². The molecule has 0 spiro atoms. The standard InChI is InChI=1S/C26H26O4/c1-20(2)18-19-29-24(27)26(21-12-6-3-7-13-21,22-14-8-4-9-15-22)25(28)30-23-16-10-5-11-17-23/h3-17,20H,18-19H2,1-2H3. The number of hydrogen-bond acceptors (Lipinski definition) is 4. The van der Waals surface area contributed by atoms with Gasteiger partial charge in [0.05, 0.1) is 6.61 Å². The predicted octanol–water partition coefficient (Wildman–Crippen LogP) is 5.17. The first-order valence-corrected chi connectivity index (χ1v) is 10.1. The lowest BCUT2D eigenvalue weighted by atomic mass is 9.74. The van der Waals surface area contributed by atoms with Crippen LogP contribution in [0.15, 0.2) is 91.0 Å². The van der Waals surface area contributed by atoms with Crippen molar-refractivity contribution in [3.63, 3.8) is 0 Å². The van der Waals surface area contributed by atoms with Crippen LogP contribution in [-0.4, -0.2) is 18.5 Å². The number of hydrogen-bond donors (Lipinski definition) is 0. The van der Waals surface area contributed by atoms with Gasteiger partial charge in [0.1, 0.15) is 5.75 Å². The molecule has 4 heteroatoms. The van der Waals surface area contributed by atoms with Gasteiger partial charge in [-0.15, -0.1) is 0 Å². The molecule has 0 heterocycles. The van der Waals surface area contributed by atoms with Gasteiger partial charge in [0.2, 0.25) is 5.41 Å². The van der Waals surface area contributed by atoms with Gasteiger partial charge in [-0.05, 0) is 35.6 Å². The minimum Gasteiger partial charge on any atom is -0.464 e. The van der Waals surface area contributed by atoms with E-state index in [0.717, 1.165) is 0 Å². The van der Waals surface area contributed by atoms with Gasteiger partial charge in [-0.2, -0.15) is 0 Å². The fourth-order valence-corrected chi connectivity index (χ4v) is 3.27. The summed E-state index contributed by atoms with van der Waals surface area (Å²) in [5.74, 6) is -0.590. The van der Waals surface area contributed by atoms with Crippen molar-refractivity contribution in [3.05, 3.63) is 102 Å². The van der Waals surface area contributed by atoms with Gasteiger partial charge in [0.25, 0.3) is 0 Å². The van der Waals surface area contributed by atoms with Crippen LogP contribution in [0.3, 0.4) is 0 Å². The lowest BCUT2D eigenvalue weighted by molar-refractivity contribution is -0.158. The quantitative estimate of drug-likeness (QED) is 0.296. The second kappa shape index (κ2) is 9.88. The molecule has 0 atom stereocenters. The van der Waals surface area contributed by atoms with Crippen LogP contribution < -0.4 is 4.74 Å². The summed E-state index contributed by atoms with van der Waals surface area (Å²) in [4.78, 5) is 27.2. The minimum absolute atomic E-state index is 0.233. The Morgan fingerprint density at radius 2 is 1.20 bits per heavy atom. The molecule has 3 aromatic carbocycles. The van der Waals surface area contributed by atoms with Gasteiger partial charge in [-0.1, -0.05) is 92.7 Å². The SMILES string of the molecule is CC(C)CCOC(=O)C(C(=O)Oc1ccccc1)(c1ccccc1)c1ccccc1. The highest BCUT2D eigenvalue weighted by atomic mass is 16.6. The second-order valence-electron chi connectivity index (χ2n) is 7.50. The van der Waals surface area contributed by atoms with E-state index >= 15 is 0 Å². The first-order chi connectivity index (χ1) is 14.5. The maximum Gasteiger partial charge on any atom is 0.338 e. The molecular weight excluding hydrogens is 376 g/mol. The van der Waals surface area contributed by atoms with E-state index in [0.29, 0.717) is 29.2 Å². The first kappa shape index (κ1) is 21.3. The Hall–Kier alpha value is -3.40. The van der Waals surface area contributed by atoms with E-state index in [4.69, 9.17) is 9.47 Å². The molecule has 3 aromatic rings. The normalized spacial score (nSPS) is 11.2. The maximum absolute atomic E-state index is 13.7. The molecule has 154 valence electrons. The number of rotatable bonds is 8. The first-order valence-electron chi connectivity index (χ1n) is 10.1. The molecule has 30 heavy (non-hydrogen) atoms. The third-order valence-electron chi connectivity index (χ3n) is 4.91. The molecule has 0 amide bonds.